The average molecular weight is 317 g/mol. The summed E-state index contributed by atoms with van der Waals surface area (Å²) >= 11 is 1.68. The van der Waals surface area contributed by atoms with Crippen LogP contribution in [0.5, 0.6) is 0 Å². The second-order valence-electron chi connectivity index (χ2n) is 6.36. The number of rotatable bonds is 5. The molecular formula is C18H23NO2S. The van der Waals surface area contributed by atoms with E-state index in [2.05, 4.69) is 41.1 Å². The van der Waals surface area contributed by atoms with Gasteiger partial charge in [-0.2, -0.15) is 11.3 Å². The third-order valence-corrected chi connectivity index (χ3v) is 4.04. The zero-order valence-corrected chi connectivity index (χ0v) is 14.2. The lowest BCUT2D eigenvalue weighted by Gasteiger charge is -2.22. The van der Waals surface area contributed by atoms with E-state index in [1.165, 1.54) is 11.1 Å². The van der Waals surface area contributed by atoms with Crippen LogP contribution in [0.3, 0.4) is 0 Å². The van der Waals surface area contributed by atoms with E-state index in [1.807, 2.05) is 20.8 Å². The number of ether oxygens (including phenoxy) is 1. The number of nitrogens with two attached hydrogens (primary N) is 1. The van der Waals surface area contributed by atoms with Crippen LogP contribution >= 0.6 is 11.3 Å². The molecule has 0 radical (unpaired) electrons. The molecule has 0 saturated heterocycles. The zero-order chi connectivity index (χ0) is 16.2. The van der Waals surface area contributed by atoms with Gasteiger partial charge in [0.2, 0.25) is 0 Å². The molecule has 1 aromatic heterocycles. The van der Waals surface area contributed by atoms with Crippen molar-refractivity contribution in [2.24, 2.45) is 5.73 Å². The van der Waals surface area contributed by atoms with Gasteiger partial charge < -0.3 is 10.5 Å². The number of esters is 1. The normalized spacial score (nSPS) is 12.9. The van der Waals surface area contributed by atoms with E-state index in [9.17, 15) is 4.79 Å². The minimum Gasteiger partial charge on any atom is -0.460 e. The molecule has 1 heterocycles. The van der Waals surface area contributed by atoms with Gasteiger partial charge in [0.1, 0.15) is 5.60 Å². The molecule has 118 valence electrons. The highest BCUT2D eigenvalue weighted by atomic mass is 32.1. The van der Waals surface area contributed by atoms with Crippen LogP contribution in [0.25, 0.3) is 11.1 Å². The van der Waals surface area contributed by atoms with Crippen molar-refractivity contribution >= 4 is 17.3 Å². The van der Waals surface area contributed by atoms with Crippen molar-refractivity contribution in [2.75, 3.05) is 6.54 Å². The molecule has 0 aliphatic heterocycles. The highest BCUT2D eigenvalue weighted by Gasteiger charge is 2.20. The standard InChI is InChI=1S/C18H23NO2S/c1-18(2,3)21-17(20)10-16(11-19)14-6-4-13(5-7-14)15-8-9-22-12-15/h4-9,12,16H,10-11,19H2,1-3H3/t16-/m0/s1. The predicted molar refractivity (Wildman–Crippen MR) is 92.0 cm³/mol. The van der Waals surface area contributed by atoms with Crippen LogP contribution < -0.4 is 5.73 Å². The van der Waals surface area contributed by atoms with Crippen LogP contribution in [-0.2, 0) is 9.53 Å². The minimum atomic E-state index is -0.459. The van der Waals surface area contributed by atoms with E-state index in [0.29, 0.717) is 13.0 Å². The van der Waals surface area contributed by atoms with Crippen molar-refractivity contribution in [1.82, 2.24) is 0 Å². The summed E-state index contributed by atoms with van der Waals surface area (Å²) in [5.74, 6) is -0.212. The molecule has 4 heteroatoms. The fraction of sp³-hybridized carbons (Fsp3) is 0.389. The summed E-state index contributed by atoms with van der Waals surface area (Å²) in [6.07, 6.45) is 0.311. The Morgan fingerprint density at radius 2 is 1.86 bits per heavy atom. The SMILES string of the molecule is CC(C)(C)OC(=O)C[C@@H](CN)c1ccc(-c2ccsc2)cc1. The van der Waals surface area contributed by atoms with Crippen LogP contribution in [-0.4, -0.2) is 18.1 Å². The van der Waals surface area contributed by atoms with Gasteiger partial charge in [-0.1, -0.05) is 24.3 Å². The number of hydrogen-bond donors (Lipinski definition) is 1. The summed E-state index contributed by atoms with van der Waals surface area (Å²) in [5.41, 5.74) is 8.85. The van der Waals surface area contributed by atoms with Gasteiger partial charge in [-0.25, -0.2) is 0 Å². The van der Waals surface area contributed by atoms with Crippen LogP contribution in [0, 0.1) is 0 Å². The second kappa shape index (κ2) is 7.07. The van der Waals surface area contributed by atoms with Crippen molar-refractivity contribution in [3.05, 3.63) is 46.7 Å². The third kappa shape index (κ3) is 4.68. The lowest BCUT2D eigenvalue weighted by atomic mass is 9.94. The first-order chi connectivity index (χ1) is 10.4. The van der Waals surface area contributed by atoms with Crippen LogP contribution in [0.15, 0.2) is 41.1 Å². The van der Waals surface area contributed by atoms with Crippen molar-refractivity contribution < 1.29 is 9.53 Å². The highest BCUT2D eigenvalue weighted by Crippen LogP contribution is 2.26. The summed E-state index contributed by atoms with van der Waals surface area (Å²) in [4.78, 5) is 12.0. The van der Waals surface area contributed by atoms with Crippen molar-refractivity contribution in [2.45, 2.75) is 38.7 Å². The van der Waals surface area contributed by atoms with Crippen molar-refractivity contribution in [3.8, 4) is 11.1 Å². The first-order valence-corrected chi connectivity index (χ1v) is 8.38. The summed E-state index contributed by atoms with van der Waals surface area (Å²) < 4.78 is 5.38. The van der Waals surface area contributed by atoms with Gasteiger partial charge in [-0.3, -0.25) is 4.79 Å². The molecule has 0 bridgehead atoms. The molecule has 2 rings (SSSR count). The van der Waals surface area contributed by atoms with E-state index >= 15 is 0 Å². The molecule has 1 aromatic carbocycles. The molecule has 0 fully saturated rings. The van der Waals surface area contributed by atoms with Gasteiger partial charge in [0.15, 0.2) is 0 Å². The molecule has 2 aromatic rings. The van der Waals surface area contributed by atoms with Crippen molar-refractivity contribution in [1.29, 1.82) is 0 Å². The van der Waals surface area contributed by atoms with Crippen LogP contribution in [0.4, 0.5) is 0 Å². The largest absolute Gasteiger partial charge is 0.460 e. The molecular weight excluding hydrogens is 294 g/mol. The van der Waals surface area contributed by atoms with Gasteiger partial charge >= 0.3 is 5.97 Å². The number of carbonyl (C=O) groups is 1. The lowest BCUT2D eigenvalue weighted by molar-refractivity contribution is -0.155. The fourth-order valence-electron chi connectivity index (χ4n) is 2.30. The molecule has 0 aliphatic carbocycles. The second-order valence-corrected chi connectivity index (χ2v) is 7.14. The third-order valence-electron chi connectivity index (χ3n) is 3.35. The van der Waals surface area contributed by atoms with Gasteiger partial charge in [0.05, 0.1) is 6.42 Å². The number of carbonyl (C=O) groups excluding carboxylic acids is 1. The maximum absolute atomic E-state index is 12.0. The monoisotopic (exact) mass is 317 g/mol. The predicted octanol–water partition coefficient (Wildman–Crippen LogP) is 4.19. The Kier molecular flexibility index (Phi) is 5.37. The van der Waals surface area contributed by atoms with Gasteiger partial charge in [-0.05, 0) is 60.8 Å². The summed E-state index contributed by atoms with van der Waals surface area (Å²) in [7, 11) is 0. The first kappa shape index (κ1) is 16.7. The molecule has 0 unspecified atom stereocenters. The lowest BCUT2D eigenvalue weighted by Crippen LogP contribution is -2.26. The zero-order valence-electron chi connectivity index (χ0n) is 13.3. The van der Waals surface area contributed by atoms with E-state index in [0.717, 1.165) is 5.56 Å². The summed E-state index contributed by atoms with van der Waals surface area (Å²) in [6.45, 7) is 6.05. The quantitative estimate of drug-likeness (QED) is 0.841. The van der Waals surface area contributed by atoms with Gasteiger partial charge in [0, 0.05) is 5.92 Å². The number of thiophene rings is 1. The molecule has 0 amide bonds. The fourth-order valence-corrected chi connectivity index (χ4v) is 2.96. The molecule has 0 spiro atoms. The molecule has 2 N–H and O–H groups in total. The van der Waals surface area contributed by atoms with E-state index in [1.54, 1.807) is 11.3 Å². The van der Waals surface area contributed by atoms with Gasteiger partial charge in [-0.15, -0.1) is 0 Å². The smallest absolute Gasteiger partial charge is 0.306 e. The Labute approximate surface area is 136 Å². The number of hydrogen-bond acceptors (Lipinski definition) is 4. The van der Waals surface area contributed by atoms with Gasteiger partial charge in [0.25, 0.3) is 0 Å². The Morgan fingerprint density at radius 3 is 2.36 bits per heavy atom. The van der Waals surface area contributed by atoms with E-state index < -0.39 is 5.60 Å². The topological polar surface area (TPSA) is 52.3 Å². The highest BCUT2D eigenvalue weighted by molar-refractivity contribution is 7.08. The molecule has 22 heavy (non-hydrogen) atoms. The maximum Gasteiger partial charge on any atom is 0.306 e. The molecule has 3 nitrogen and oxygen atoms in total. The summed E-state index contributed by atoms with van der Waals surface area (Å²) in [5, 5.41) is 4.19. The maximum atomic E-state index is 12.0. The first-order valence-electron chi connectivity index (χ1n) is 7.43. The average Bonchev–Trinajstić information content (AvgIpc) is 2.97. The Morgan fingerprint density at radius 1 is 1.18 bits per heavy atom. The Balaban J connectivity index is 2.06. The van der Waals surface area contributed by atoms with E-state index in [4.69, 9.17) is 10.5 Å². The Hall–Kier alpha value is -1.65. The Bertz CT molecular complexity index is 597. The van der Waals surface area contributed by atoms with Crippen LogP contribution in [0.1, 0.15) is 38.7 Å². The van der Waals surface area contributed by atoms with Crippen LogP contribution in [0.2, 0.25) is 0 Å². The molecule has 0 saturated carbocycles. The summed E-state index contributed by atoms with van der Waals surface area (Å²) in [6, 6.07) is 10.4. The van der Waals surface area contributed by atoms with E-state index in [-0.39, 0.29) is 11.9 Å². The van der Waals surface area contributed by atoms with Crippen molar-refractivity contribution in [3.63, 3.8) is 0 Å². The molecule has 0 aliphatic rings. The number of benzene rings is 1. The molecule has 1 atom stereocenters. The minimum absolute atomic E-state index is 0.00799.